The van der Waals surface area contributed by atoms with Gasteiger partial charge in [-0.05, 0) is 112 Å². The van der Waals surface area contributed by atoms with Crippen molar-refractivity contribution in [2.45, 2.75) is 180 Å². The number of piperidine rings is 1. The number of ether oxygens (including phenoxy) is 5. The van der Waals surface area contributed by atoms with Crippen molar-refractivity contribution in [2.75, 3.05) is 34.5 Å². The fourth-order valence-corrected chi connectivity index (χ4v) is 10.8. The minimum atomic E-state index is -2.43. The molecule has 3 fully saturated rings. The molecule has 2 saturated heterocycles. The Labute approximate surface area is 408 Å². The summed E-state index contributed by atoms with van der Waals surface area (Å²) in [4.78, 5) is 72.3. The van der Waals surface area contributed by atoms with Gasteiger partial charge in [-0.15, -0.1) is 4.70 Å². The standard InChI is InChI=1S/C52H80N5O12/c1-31-16-12-11-13-17-32(2)43(65-8)28-39-21-19-37(7)52(64,69-39)49(61)50(62)56-23-15-14-18-41(56)51(63)68-44(34(4)26-38-20-22-40(45(27-38)66-9)57-30-53-54-55-57)29-42(58)33(3)25-36(6)47(60)48(67-10)46(59)35(5)24-31/h11-13,16-17,25,31,33-35,37-41,43-45,47-48,60,64H,14-15,18-24,26-30H2,1-10H3/q+1/b13-11?,16-12+,32-17?,36-25+/t31-,33-,34-,35+,37-,38+,39+,40-,41?,43+,44+,45-,47-,48+,52-/m1/s1. The molecule has 0 aromatic heterocycles. The molecule has 69 heavy (non-hydrogen) atoms. The predicted octanol–water partition coefficient (Wildman–Crippen LogP) is 6.99. The highest BCUT2D eigenvalue weighted by Gasteiger charge is 2.53. The van der Waals surface area contributed by atoms with Gasteiger partial charge in [0.1, 0.15) is 36.2 Å². The van der Waals surface area contributed by atoms with Crippen LogP contribution in [0.5, 0.6) is 0 Å². The zero-order chi connectivity index (χ0) is 50.6. The molecule has 0 radical (unpaired) electrons. The van der Waals surface area contributed by atoms with Gasteiger partial charge in [-0.3, -0.25) is 19.2 Å². The number of carbonyl (C=O) groups excluding carboxylic acids is 5. The Morgan fingerprint density at radius 2 is 1.65 bits per heavy atom. The Bertz CT molecular complexity index is 2000. The van der Waals surface area contributed by atoms with Crippen LogP contribution in [0, 0.1) is 35.5 Å². The first kappa shape index (κ1) is 55.8. The highest BCUT2D eigenvalue weighted by atomic mass is 16.6. The van der Waals surface area contributed by atoms with E-state index in [2.05, 4.69) is 15.6 Å². The number of aliphatic hydroxyl groups is 2. The van der Waals surface area contributed by atoms with Crippen molar-refractivity contribution in [2.24, 2.45) is 51.1 Å². The molecule has 15 atom stereocenters. The third-order valence-electron chi connectivity index (χ3n) is 15.3. The lowest BCUT2D eigenvalue weighted by Gasteiger charge is -2.42. The van der Waals surface area contributed by atoms with E-state index in [1.807, 2.05) is 62.8 Å². The number of Topliss-reactive ketones (excluding diaryl/α,β-unsaturated/α-hetero) is 3. The molecule has 1 aliphatic carbocycles. The van der Waals surface area contributed by atoms with E-state index in [-0.39, 0.29) is 60.9 Å². The lowest BCUT2D eigenvalue weighted by atomic mass is 9.77. The van der Waals surface area contributed by atoms with E-state index in [0.717, 1.165) is 18.4 Å². The molecule has 2 bridgehead atoms. The normalized spacial score (nSPS) is 38.4. The maximum Gasteiger partial charge on any atom is 0.329 e. The number of carbonyl (C=O) groups is 5. The largest absolute Gasteiger partial charge is 0.460 e. The average molecular weight is 967 g/mol. The summed E-state index contributed by atoms with van der Waals surface area (Å²) in [6.07, 6.45) is 12.5. The molecule has 1 saturated carbocycles. The van der Waals surface area contributed by atoms with Gasteiger partial charge in [0, 0.05) is 58.5 Å². The lowest BCUT2D eigenvalue weighted by molar-refractivity contribution is -0.631. The molecule has 4 aliphatic heterocycles. The molecule has 5 rings (SSSR count). The zero-order valence-electron chi connectivity index (χ0n) is 42.7. The SMILES string of the molecule is CO[C@H]1C[C@@H]2CC[C@@H](C)[C@@](O)(O2)C(=O)C(=O)N2CCCCC2C(=O)O[C@H]([C@H](C)C[C@@H]2CC[C@@H]([N+]3=NN=NC3)[C@H](OC)C2)CC(=O)[C@H](C)/C=C(\C)[C@@H](O)[C@@H](OC)C(=O)[C@@H](C)C[C@H](C)/C=C/C=CC=C1C. The Hall–Kier alpha value is -4.13. The van der Waals surface area contributed by atoms with Crippen LogP contribution in [0.4, 0.5) is 0 Å². The highest BCUT2D eigenvalue weighted by Crippen LogP contribution is 2.38. The molecule has 1 unspecified atom stereocenters. The van der Waals surface area contributed by atoms with Crippen molar-refractivity contribution in [3.8, 4) is 0 Å². The van der Waals surface area contributed by atoms with Crippen LogP contribution in [-0.4, -0.2) is 138 Å². The van der Waals surface area contributed by atoms with Gasteiger partial charge in [-0.1, -0.05) is 71.1 Å². The Balaban J connectivity index is 1.46. The van der Waals surface area contributed by atoms with Crippen LogP contribution in [0.15, 0.2) is 63.2 Å². The number of fused-ring (bicyclic) bond motifs is 3. The van der Waals surface area contributed by atoms with Gasteiger partial charge in [0.2, 0.25) is 17.7 Å². The molecular formula is C52H80N5O12+. The minimum Gasteiger partial charge on any atom is -0.460 e. The third-order valence-corrected chi connectivity index (χ3v) is 15.3. The van der Waals surface area contributed by atoms with Crippen LogP contribution in [0.3, 0.4) is 0 Å². The molecule has 5 aliphatic rings. The molecule has 1 amide bonds. The topological polar surface area (TPSA) is 215 Å². The van der Waals surface area contributed by atoms with Gasteiger partial charge >= 0.3 is 5.97 Å². The van der Waals surface area contributed by atoms with E-state index in [4.69, 9.17) is 23.7 Å². The fourth-order valence-electron chi connectivity index (χ4n) is 10.8. The first-order chi connectivity index (χ1) is 32.8. The van der Waals surface area contributed by atoms with E-state index in [9.17, 15) is 34.2 Å². The molecular weight excluding hydrogens is 887 g/mol. The second-order valence-electron chi connectivity index (χ2n) is 20.5. The molecule has 2 N–H and O–H groups in total. The third kappa shape index (κ3) is 14.3. The second-order valence-corrected chi connectivity index (χ2v) is 20.5. The first-order valence-corrected chi connectivity index (χ1v) is 25.2. The summed E-state index contributed by atoms with van der Waals surface area (Å²) in [6, 6.07) is -1.14. The van der Waals surface area contributed by atoms with Gasteiger partial charge in [0.25, 0.3) is 11.7 Å². The summed E-state index contributed by atoms with van der Waals surface area (Å²) in [7, 11) is 4.64. The number of amides is 1. The van der Waals surface area contributed by atoms with Crippen LogP contribution >= 0.6 is 0 Å². The van der Waals surface area contributed by atoms with Crippen molar-refractivity contribution in [3.05, 3.63) is 47.6 Å². The Morgan fingerprint density at radius 1 is 0.899 bits per heavy atom. The molecule has 17 nitrogen and oxygen atoms in total. The molecule has 0 aromatic carbocycles. The van der Waals surface area contributed by atoms with Crippen LogP contribution in [-0.2, 0) is 47.7 Å². The molecule has 0 aromatic rings. The summed E-state index contributed by atoms with van der Waals surface area (Å²) >= 11 is 0. The van der Waals surface area contributed by atoms with E-state index in [1.54, 1.807) is 41.1 Å². The average Bonchev–Trinajstić information content (AvgIpc) is 3.88. The monoisotopic (exact) mass is 967 g/mol. The van der Waals surface area contributed by atoms with E-state index < -0.39 is 77.8 Å². The molecule has 4 heterocycles. The van der Waals surface area contributed by atoms with Crippen molar-refractivity contribution in [1.29, 1.82) is 0 Å². The smallest absolute Gasteiger partial charge is 0.329 e. The maximum absolute atomic E-state index is 14.5. The molecule has 0 spiro atoms. The number of methoxy groups -OCH3 is 3. The highest BCUT2D eigenvalue weighted by molar-refractivity contribution is 6.39. The number of allylic oxidation sites excluding steroid dienone is 6. The molecule has 384 valence electrons. The summed E-state index contributed by atoms with van der Waals surface area (Å²) in [5.41, 5.74) is 1.27. The van der Waals surface area contributed by atoms with Crippen LogP contribution in [0.25, 0.3) is 0 Å². The summed E-state index contributed by atoms with van der Waals surface area (Å²) in [5, 5.41) is 35.4. The second kappa shape index (κ2) is 25.8. The minimum absolute atomic E-state index is 0.00382. The Morgan fingerprint density at radius 3 is 2.33 bits per heavy atom. The van der Waals surface area contributed by atoms with Gasteiger partial charge in [-0.2, -0.15) is 0 Å². The van der Waals surface area contributed by atoms with Crippen molar-refractivity contribution in [3.63, 3.8) is 0 Å². The quantitative estimate of drug-likeness (QED) is 0.114. The van der Waals surface area contributed by atoms with Crippen LogP contribution < -0.4 is 0 Å². The number of esters is 1. The van der Waals surface area contributed by atoms with Crippen LogP contribution in [0.2, 0.25) is 0 Å². The van der Waals surface area contributed by atoms with Crippen molar-refractivity contribution >= 4 is 29.2 Å². The fraction of sp³-hybridized carbons (Fsp3) is 0.750. The molecule has 17 heteroatoms. The summed E-state index contributed by atoms with van der Waals surface area (Å²) in [5.74, 6) is -7.87. The zero-order valence-corrected chi connectivity index (χ0v) is 42.7. The number of rotatable bonds is 7. The summed E-state index contributed by atoms with van der Waals surface area (Å²) < 4.78 is 31.7. The number of aliphatic hydroxyl groups excluding tert-OH is 1. The van der Waals surface area contributed by atoms with Gasteiger partial charge in [0.05, 0.1) is 18.3 Å². The summed E-state index contributed by atoms with van der Waals surface area (Å²) in [6.45, 7) is 13.2. The first-order valence-electron chi connectivity index (χ1n) is 25.2. The number of hydrogen-bond acceptors (Lipinski definition) is 15. The lowest BCUT2D eigenvalue weighted by Crippen LogP contribution is -2.61. The van der Waals surface area contributed by atoms with Gasteiger partial charge < -0.3 is 38.8 Å². The van der Waals surface area contributed by atoms with Gasteiger partial charge in [-0.25, -0.2) is 4.79 Å². The van der Waals surface area contributed by atoms with Gasteiger partial charge in [0.15, 0.2) is 11.0 Å². The van der Waals surface area contributed by atoms with E-state index in [1.165, 1.54) is 12.0 Å². The number of hydrogen-bond donors (Lipinski definition) is 2. The Kier molecular flexibility index (Phi) is 20.9. The van der Waals surface area contributed by atoms with Crippen molar-refractivity contribution < 1.29 is 62.6 Å². The predicted molar refractivity (Wildman–Crippen MR) is 255 cm³/mol. The van der Waals surface area contributed by atoms with E-state index in [0.29, 0.717) is 63.6 Å². The number of nitrogens with zero attached hydrogens (tertiary/aromatic N) is 5. The van der Waals surface area contributed by atoms with E-state index >= 15 is 0 Å². The maximum atomic E-state index is 14.5. The number of cyclic esters (lactones) is 1. The van der Waals surface area contributed by atoms with Crippen LogP contribution in [0.1, 0.15) is 126 Å². The number of ketones is 3. The van der Waals surface area contributed by atoms with Crippen molar-refractivity contribution in [1.82, 2.24) is 4.90 Å².